The standard InChI is InChI=1S/C18H23N3O3/c1-11(13-7-6-12-4-2-3-5-14(12)10-13)19-16(22)9-8-15-17(23)21-18(24)20-15/h6-7,10-11,15H,2-5,8-9H2,1H3,(H,19,22)(H2,20,21,23,24)/t11-,15-/m0/s1. The molecular formula is C18H23N3O3. The maximum absolute atomic E-state index is 12.1. The fourth-order valence-electron chi connectivity index (χ4n) is 3.36. The van der Waals surface area contributed by atoms with Crippen LogP contribution in [0.2, 0.25) is 0 Å². The van der Waals surface area contributed by atoms with Crippen molar-refractivity contribution in [1.29, 1.82) is 0 Å². The molecular weight excluding hydrogens is 306 g/mol. The van der Waals surface area contributed by atoms with Gasteiger partial charge in [0, 0.05) is 6.42 Å². The molecule has 0 radical (unpaired) electrons. The number of hydrogen-bond donors (Lipinski definition) is 3. The van der Waals surface area contributed by atoms with E-state index in [0.717, 1.165) is 18.4 Å². The van der Waals surface area contributed by atoms with Crippen LogP contribution in [0, 0.1) is 0 Å². The molecule has 0 bridgehead atoms. The van der Waals surface area contributed by atoms with E-state index in [-0.39, 0.29) is 24.3 Å². The lowest BCUT2D eigenvalue weighted by atomic mass is 9.89. The van der Waals surface area contributed by atoms with Gasteiger partial charge in [-0.05, 0) is 55.7 Å². The Morgan fingerprint density at radius 2 is 2.00 bits per heavy atom. The number of hydrogen-bond acceptors (Lipinski definition) is 3. The zero-order chi connectivity index (χ0) is 17.1. The molecule has 4 amide bonds. The van der Waals surface area contributed by atoms with Gasteiger partial charge < -0.3 is 10.6 Å². The molecule has 0 spiro atoms. The van der Waals surface area contributed by atoms with Crippen LogP contribution in [0.3, 0.4) is 0 Å². The monoisotopic (exact) mass is 329 g/mol. The smallest absolute Gasteiger partial charge is 0.322 e. The largest absolute Gasteiger partial charge is 0.350 e. The van der Waals surface area contributed by atoms with Crippen molar-refractivity contribution >= 4 is 17.8 Å². The van der Waals surface area contributed by atoms with Crippen molar-refractivity contribution < 1.29 is 14.4 Å². The summed E-state index contributed by atoms with van der Waals surface area (Å²) >= 11 is 0. The summed E-state index contributed by atoms with van der Waals surface area (Å²) in [5, 5.41) is 7.63. The lowest BCUT2D eigenvalue weighted by Gasteiger charge is -2.20. The van der Waals surface area contributed by atoms with Gasteiger partial charge in [0.05, 0.1) is 6.04 Å². The number of benzene rings is 1. The molecule has 2 aliphatic rings. The molecule has 6 nitrogen and oxygen atoms in total. The summed E-state index contributed by atoms with van der Waals surface area (Å²) in [6, 6.07) is 5.28. The lowest BCUT2D eigenvalue weighted by molar-refractivity contribution is -0.122. The van der Waals surface area contributed by atoms with Crippen LogP contribution in [-0.2, 0) is 22.4 Å². The van der Waals surface area contributed by atoms with Gasteiger partial charge in [0.25, 0.3) is 5.91 Å². The van der Waals surface area contributed by atoms with Crippen LogP contribution in [-0.4, -0.2) is 23.9 Å². The Morgan fingerprint density at radius 1 is 1.25 bits per heavy atom. The number of nitrogens with one attached hydrogen (secondary N) is 3. The number of fused-ring (bicyclic) bond motifs is 1. The van der Waals surface area contributed by atoms with Crippen molar-refractivity contribution in [2.24, 2.45) is 0 Å². The van der Waals surface area contributed by atoms with Gasteiger partial charge in [-0.2, -0.15) is 0 Å². The molecule has 2 atom stereocenters. The van der Waals surface area contributed by atoms with E-state index >= 15 is 0 Å². The molecule has 3 N–H and O–H groups in total. The van der Waals surface area contributed by atoms with Gasteiger partial charge in [0.15, 0.2) is 0 Å². The van der Waals surface area contributed by atoms with E-state index in [4.69, 9.17) is 0 Å². The van der Waals surface area contributed by atoms with Gasteiger partial charge in [-0.15, -0.1) is 0 Å². The predicted octanol–water partition coefficient (Wildman–Crippen LogP) is 1.73. The second-order valence-electron chi connectivity index (χ2n) is 6.58. The highest BCUT2D eigenvalue weighted by Gasteiger charge is 2.29. The third-order valence-corrected chi connectivity index (χ3v) is 4.77. The Kier molecular flexibility index (Phi) is 4.83. The molecule has 1 fully saturated rings. The van der Waals surface area contributed by atoms with Gasteiger partial charge in [0.1, 0.15) is 6.04 Å². The van der Waals surface area contributed by atoms with Crippen molar-refractivity contribution in [3.63, 3.8) is 0 Å². The molecule has 6 heteroatoms. The Hall–Kier alpha value is -2.37. The first-order valence-corrected chi connectivity index (χ1v) is 8.55. The minimum Gasteiger partial charge on any atom is -0.350 e. The van der Waals surface area contributed by atoms with Crippen LogP contribution < -0.4 is 16.0 Å². The van der Waals surface area contributed by atoms with E-state index in [9.17, 15) is 14.4 Å². The van der Waals surface area contributed by atoms with Crippen molar-refractivity contribution in [2.75, 3.05) is 0 Å². The van der Waals surface area contributed by atoms with E-state index in [1.165, 1.54) is 24.0 Å². The van der Waals surface area contributed by atoms with E-state index in [2.05, 4.69) is 34.1 Å². The number of carbonyl (C=O) groups excluding carboxylic acids is 3. The molecule has 3 rings (SSSR count). The number of rotatable bonds is 5. The highest BCUT2D eigenvalue weighted by molar-refractivity contribution is 6.04. The minimum absolute atomic E-state index is 0.0725. The topological polar surface area (TPSA) is 87.3 Å². The van der Waals surface area contributed by atoms with Crippen molar-refractivity contribution in [3.8, 4) is 0 Å². The van der Waals surface area contributed by atoms with E-state index in [1.807, 2.05) is 6.92 Å². The number of aryl methyl sites for hydroxylation is 2. The highest BCUT2D eigenvalue weighted by Crippen LogP contribution is 2.24. The zero-order valence-corrected chi connectivity index (χ0v) is 13.9. The highest BCUT2D eigenvalue weighted by atomic mass is 16.2. The molecule has 1 aromatic rings. The maximum atomic E-state index is 12.1. The Bertz CT molecular complexity index is 671. The first-order valence-electron chi connectivity index (χ1n) is 8.55. The molecule has 0 aromatic heterocycles. The SMILES string of the molecule is C[C@H](NC(=O)CC[C@@H]1NC(=O)NC1=O)c1ccc2c(c1)CCCC2. The Morgan fingerprint density at radius 3 is 2.71 bits per heavy atom. The first-order chi connectivity index (χ1) is 11.5. The summed E-state index contributed by atoms with van der Waals surface area (Å²) < 4.78 is 0. The maximum Gasteiger partial charge on any atom is 0.322 e. The van der Waals surface area contributed by atoms with Crippen molar-refractivity contribution in [3.05, 3.63) is 34.9 Å². The molecule has 1 heterocycles. The summed E-state index contributed by atoms with van der Waals surface area (Å²) in [6.07, 6.45) is 5.25. The third kappa shape index (κ3) is 3.75. The fourth-order valence-corrected chi connectivity index (χ4v) is 3.36. The molecule has 0 unspecified atom stereocenters. The molecule has 24 heavy (non-hydrogen) atoms. The first kappa shape index (κ1) is 16.5. The van der Waals surface area contributed by atoms with Crippen LogP contribution in [0.5, 0.6) is 0 Å². The van der Waals surface area contributed by atoms with Gasteiger partial charge in [0.2, 0.25) is 5.91 Å². The van der Waals surface area contributed by atoms with Gasteiger partial charge in [-0.1, -0.05) is 18.2 Å². The fraction of sp³-hybridized carbons (Fsp3) is 0.500. The van der Waals surface area contributed by atoms with E-state index in [1.54, 1.807) is 0 Å². The average Bonchev–Trinajstić information content (AvgIpc) is 2.90. The lowest BCUT2D eigenvalue weighted by Crippen LogP contribution is -2.32. The molecule has 1 aliphatic carbocycles. The van der Waals surface area contributed by atoms with Crippen LogP contribution in [0.4, 0.5) is 4.79 Å². The normalized spacial score (nSPS) is 20.8. The van der Waals surface area contributed by atoms with E-state index < -0.39 is 12.1 Å². The molecule has 1 aromatic carbocycles. The van der Waals surface area contributed by atoms with Crippen LogP contribution >= 0.6 is 0 Å². The quantitative estimate of drug-likeness (QED) is 0.719. The molecule has 128 valence electrons. The van der Waals surface area contributed by atoms with Crippen molar-refractivity contribution in [2.45, 2.75) is 57.5 Å². The predicted molar refractivity (Wildman–Crippen MR) is 89.3 cm³/mol. The van der Waals surface area contributed by atoms with Crippen LogP contribution in [0.15, 0.2) is 18.2 Å². The summed E-state index contributed by atoms with van der Waals surface area (Å²) in [4.78, 5) is 34.6. The number of imide groups is 1. The average molecular weight is 329 g/mol. The second kappa shape index (κ2) is 7.03. The van der Waals surface area contributed by atoms with Crippen LogP contribution in [0.25, 0.3) is 0 Å². The second-order valence-corrected chi connectivity index (χ2v) is 6.58. The third-order valence-electron chi connectivity index (χ3n) is 4.77. The summed E-state index contributed by atoms with van der Waals surface area (Å²) in [6.45, 7) is 1.96. The van der Waals surface area contributed by atoms with Gasteiger partial charge in [-0.3, -0.25) is 14.9 Å². The Labute approximate surface area is 141 Å². The molecule has 1 saturated heterocycles. The van der Waals surface area contributed by atoms with Gasteiger partial charge >= 0.3 is 6.03 Å². The van der Waals surface area contributed by atoms with E-state index in [0.29, 0.717) is 6.42 Å². The number of amides is 4. The molecule has 1 aliphatic heterocycles. The molecule has 0 saturated carbocycles. The summed E-state index contributed by atoms with van der Waals surface area (Å²) in [7, 11) is 0. The number of carbonyl (C=O) groups is 3. The minimum atomic E-state index is -0.609. The summed E-state index contributed by atoms with van der Waals surface area (Å²) in [5.74, 6) is -0.482. The number of urea groups is 1. The van der Waals surface area contributed by atoms with Crippen molar-refractivity contribution in [1.82, 2.24) is 16.0 Å². The zero-order valence-electron chi connectivity index (χ0n) is 13.9. The Balaban J connectivity index is 1.52. The van der Waals surface area contributed by atoms with Gasteiger partial charge in [-0.25, -0.2) is 4.79 Å². The summed E-state index contributed by atoms with van der Waals surface area (Å²) in [5.41, 5.74) is 3.92. The van der Waals surface area contributed by atoms with Crippen LogP contribution in [0.1, 0.15) is 55.3 Å².